The Labute approximate surface area is 140 Å². The number of nitrogens with one attached hydrogen (secondary N) is 1. The fraction of sp³-hybridized carbons (Fsp3) is 0.200. The smallest absolute Gasteiger partial charge is 0.225 e. The van der Waals surface area contributed by atoms with Gasteiger partial charge in [-0.2, -0.15) is 0 Å². The zero-order valence-electron chi connectivity index (χ0n) is 13.2. The highest BCUT2D eigenvalue weighted by Gasteiger charge is 2.23. The molecule has 1 N–H and O–H groups in total. The lowest BCUT2D eigenvalue weighted by Gasteiger charge is -2.25. The summed E-state index contributed by atoms with van der Waals surface area (Å²) in [5.41, 5.74) is 2.70. The number of carbonyl (C=O) groups excluding carboxylic acids is 1. The van der Waals surface area contributed by atoms with Gasteiger partial charge in [-0.1, -0.05) is 36.4 Å². The fourth-order valence-corrected chi connectivity index (χ4v) is 3.26. The van der Waals surface area contributed by atoms with Crippen molar-refractivity contribution < 1.29 is 9.53 Å². The van der Waals surface area contributed by atoms with Crippen LogP contribution >= 0.6 is 0 Å². The second-order valence-corrected chi connectivity index (χ2v) is 6.00. The first-order valence-corrected chi connectivity index (χ1v) is 8.16. The van der Waals surface area contributed by atoms with E-state index in [1.54, 1.807) is 6.20 Å². The molecule has 4 nitrogen and oxygen atoms in total. The van der Waals surface area contributed by atoms with Crippen molar-refractivity contribution in [1.29, 1.82) is 0 Å². The van der Waals surface area contributed by atoms with Crippen LogP contribution in [0.5, 0.6) is 5.75 Å². The Balaban J connectivity index is 1.53. The molecule has 1 unspecified atom stereocenters. The molecule has 2 aromatic carbocycles. The summed E-state index contributed by atoms with van der Waals surface area (Å²) in [6, 6.07) is 17.7. The van der Waals surface area contributed by atoms with Gasteiger partial charge in [-0.15, -0.1) is 0 Å². The van der Waals surface area contributed by atoms with E-state index in [4.69, 9.17) is 4.74 Å². The molecular formula is C20H18N2O2. The lowest BCUT2D eigenvalue weighted by molar-refractivity contribution is -0.116. The molecule has 0 aliphatic carbocycles. The van der Waals surface area contributed by atoms with Gasteiger partial charge < -0.3 is 10.1 Å². The number of nitrogens with zero attached hydrogens (tertiary/aromatic N) is 1. The van der Waals surface area contributed by atoms with Gasteiger partial charge in [-0.05, 0) is 36.1 Å². The van der Waals surface area contributed by atoms with Crippen LogP contribution in [0.25, 0.3) is 10.9 Å². The minimum absolute atomic E-state index is 0.00913. The lowest BCUT2D eigenvalue weighted by atomic mass is 9.90. The number of pyridine rings is 1. The molecule has 0 radical (unpaired) electrons. The number of ether oxygens (including phenoxy) is 1. The van der Waals surface area contributed by atoms with E-state index in [1.807, 2.05) is 54.6 Å². The van der Waals surface area contributed by atoms with Crippen LogP contribution in [-0.4, -0.2) is 17.5 Å². The molecule has 0 spiro atoms. The topological polar surface area (TPSA) is 51.2 Å². The SMILES string of the molecule is O=C(CC1CCOc2ccccc21)Nc1cccc2cccnc12. The number of carbonyl (C=O) groups is 1. The molecule has 1 aliphatic heterocycles. The van der Waals surface area contributed by atoms with Crippen molar-refractivity contribution in [3.63, 3.8) is 0 Å². The number of aromatic nitrogens is 1. The third kappa shape index (κ3) is 2.83. The summed E-state index contributed by atoms with van der Waals surface area (Å²) >= 11 is 0. The van der Waals surface area contributed by atoms with Crippen LogP contribution in [0.4, 0.5) is 5.69 Å². The van der Waals surface area contributed by atoms with Crippen molar-refractivity contribution in [3.05, 3.63) is 66.4 Å². The average Bonchev–Trinajstić information content (AvgIpc) is 2.62. The minimum atomic E-state index is 0.00913. The maximum atomic E-state index is 12.6. The normalized spacial score (nSPS) is 16.2. The van der Waals surface area contributed by atoms with E-state index in [0.29, 0.717) is 13.0 Å². The van der Waals surface area contributed by atoms with Gasteiger partial charge in [0.25, 0.3) is 0 Å². The Bertz CT molecular complexity index is 886. The quantitative estimate of drug-likeness (QED) is 0.790. The number of amides is 1. The summed E-state index contributed by atoms with van der Waals surface area (Å²) in [6.07, 6.45) is 3.05. The van der Waals surface area contributed by atoms with E-state index in [2.05, 4.69) is 10.3 Å². The van der Waals surface area contributed by atoms with Gasteiger partial charge in [0.15, 0.2) is 0 Å². The molecule has 4 rings (SSSR count). The van der Waals surface area contributed by atoms with Crippen LogP contribution in [0.3, 0.4) is 0 Å². The van der Waals surface area contributed by atoms with Crippen molar-refractivity contribution in [2.24, 2.45) is 0 Å². The lowest BCUT2D eigenvalue weighted by Crippen LogP contribution is -2.20. The van der Waals surface area contributed by atoms with Gasteiger partial charge in [0.1, 0.15) is 5.75 Å². The minimum Gasteiger partial charge on any atom is -0.493 e. The van der Waals surface area contributed by atoms with Crippen molar-refractivity contribution in [2.45, 2.75) is 18.8 Å². The predicted molar refractivity (Wildman–Crippen MR) is 94.3 cm³/mol. The highest BCUT2D eigenvalue weighted by Crippen LogP contribution is 2.35. The Kier molecular flexibility index (Phi) is 3.87. The van der Waals surface area contributed by atoms with E-state index < -0.39 is 0 Å². The van der Waals surface area contributed by atoms with Crippen LogP contribution in [0, 0.1) is 0 Å². The number of rotatable bonds is 3. The molecule has 120 valence electrons. The van der Waals surface area contributed by atoms with E-state index in [-0.39, 0.29) is 11.8 Å². The second-order valence-electron chi connectivity index (χ2n) is 6.00. The summed E-state index contributed by atoms with van der Waals surface area (Å²) in [7, 11) is 0. The highest BCUT2D eigenvalue weighted by atomic mass is 16.5. The fourth-order valence-electron chi connectivity index (χ4n) is 3.26. The van der Waals surface area contributed by atoms with Gasteiger partial charge in [-0.25, -0.2) is 0 Å². The average molecular weight is 318 g/mol. The van der Waals surface area contributed by atoms with Crippen LogP contribution < -0.4 is 10.1 Å². The summed E-state index contributed by atoms with van der Waals surface area (Å²) < 4.78 is 5.67. The summed E-state index contributed by atoms with van der Waals surface area (Å²) in [5.74, 6) is 1.10. The van der Waals surface area contributed by atoms with Gasteiger partial charge in [0, 0.05) is 18.0 Å². The van der Waals surface area contributed by atoms with Gasteiger partial charge in [0.05, 0.1) is 17.8 Å². The molecule has 24 heavy (non-hydrogen) atoms. The van der Waals surface area contributed by atoms with E-state index >= 15 is 0 Å². The molecule has 0 saturated heterocycles. The first-order chi connectivity index (χ1) is 11.8. The molecule has 2 heterocycles. The number of benzene rings is 2. The molecule has 0 saturated carbocycles. The Hall–Kier alpha value is -2.88. The number of anilines is 1. The third-order valence-corrected chi connectivity index (χ3v) is 4.42. The molecular weight excluding hydrogens is 300 g/mol. The number of para-hydroxylation sites is 2. The number of hydrogen-bond acceptors (Lipinski definition) is 3. The molecule has 0 bridgehead atoms. The van der Waals surface area contributed by atoms with Crippen molar-refractivity contribution >= 4 is 22.5 Å². The van der Waals surface area contributed by atoms with Crippen LogP contribution in [-0.2, 0) is 4.79 Å². The summed E-state index contributed by atoms with van der Waals surface area (Å²) in [5, 5.41) is 4.04. The summed E-state index contributed by atoms with van der Waals surface area (Å²) in [4.78, 5) is 16.9. The second kappa shape index (κ2) is 6.32. The Morgan fingerprint density at radius 3 is 2.96 bits per heavy atom. The molecule has 1 amide bonds. The van der Waals surface area contributed by atoms with E-state index in [1.165, 1.54) is 0 Å². The van der Waals surface area contributed by atoms with Crippen molar-refractivity contribution in [2.75, 3.05) is 11.9 Å². The van der Waals surface area contributed by atoms with Crippen molar-refractivity contribution in [3.8, 4) is 5.75 Å². The van der Waals surface area contributed by atoms with Gasteiger partial charge in [0.2, 0.25) is 5.91 Å². The first-order valence-electron chi connectivity index (χ1n) is 8.16. The maximum Gasteiger partial charge on any atom is 0.225 e. The van der Waals surface area contributed by atoms with Crippen LogP contribution in [0.1, 0.15) is 24.3 Å². The van der Waals surface area contributed by atoms with Crippen LogP contribution in [0.2, 0.25) is 0 Å². The van der Waals surface area contributed by atoms with Gasteiger partial charge >= 0.3 is 0 Å². The first kappa shape index (κ1) is 14.7. The Morgan fingerprint density at radius 1 is 1.12 bits per heavy atom. The Morgan fingerprint density at radius 2 is 2.00 bits per heavy atom. The molecule has 0 fully saturated rings. The monoisotopic (exact) mass is 318 g/mol. The molecule has 1 aliphatic rings. The van der Waals surface area contributed by atoms with Crippen molar-refractivity contribution in [1.82, 2.24) is 4.98 Å². The zero-order chi connectivity index (χ0) is 16.4. The van der Waals surface area contributed by atoms with Gasteiger partial charge in [-0.3, -0.25) is 9.78 Å². The maximum absolute atomic E-state index is 12.6. The number of hydrogen-bond donors (Lipinski definition) is 1. The third-order valence-electron chi connectivity index (χ3n) is 4.42. The van der Waals surface area contributed by atoms with Crippen LogP contribution in [0.15, 0.2) is 60.8 Å². The largest absolute Gasteiger partial charge is 0.493 e. The van der Waals surface area contributed by atoms with E-state index in [0.717, 1.165) is 34.3 Å². The number of fused-ring (bicyclic) bond motifs is 2. The zero-order valence-corrected chi connectivity index (χ0v) is 13.2. The standard InChI is InChI=1S/C20H18N2O2/c23-19(13-15-10-12-24-18-9-2-1-7-16(15)18)22-17-8-3-5-14-6-4-11-21-20(14)17/h1-9,11,15H,10,12-13H2,(H,22,23). The predicted octanol–water partition coefficient (Wildman–Crippen LogP) is 4.13. The molecule has 1 atom stereocenters. The van der Waals surface area contributed by atoms with E-state index in [9.17, 15) is 4.79 Å². The molecule has 1 aromatic heterocycles. The molecule has 3 aromatic rings. The highest BCUT2D eigenvalue weighted by molar-refractivity contribution is 6.00. The summed E-state index contributed by atoms with van der Waals surface area (Å²) in [6.45, 7) is 0.658. The molecule has 4 heteroatoms.